The van der Waals surface area contributed by atoms with Crippen molar-refractivity contribution in [3.8, 4) is 5.75 Å². The lowest BCUT2D eigenvalue weighted by Crippen LogP contribution is -2.11. The summed E-state index contributed by atoms with van der Waals surface area (Å²) in [5, 5.41) is 6.08. The first-order valence-electron chi connectivity index (χ1n) is 5.32. The minimum absolute atomic E-state index is 0.177. The van der Waals surface area contributed by atoms with E-state index in [0.29, 0.717) is 17.1 Å². The van der Waals surface area contributed by atoms with Crippen LogP contribution in [0, 0.1) is 0 Å². The number of amides is 1. The molecule has 0 bridgehead atoms. The molecule has 0 aliphatic carbocycles. The standard InChI is InChI=1S/C12H10N4O3/c1-18-10-5-4-8(15-16-13)7-9(10)14-12(17)11-3-2-6-19-11/h2-7H,1H3,(H,14,17). The van der Waals surface area contributed by atoms with E-state index < -0.39 is 5.91 Å². The van der Waals surface area contributed by atoms with Gasteiger partial charge in [-0.15, -0.1) is 0 Å². The Morgan fingerprint density at radius 3 is 2.95 bits per heavy atom. The van der Waals surface area contributed by atoms with Gasteiger partial charge >= 0.3 is 0 Å². The molecule has 7 nitrogen and oxygen atoms in total. The number of nitrogens with one attached hydrogen (secondary N) is 1. The molecule has 0 spiro atoms. The molecule has 1 heterocycles. The molecule has 1 aromatic carbocycles. The molecule has 2 aromatic rings. The second kappa shape index (κ2) is 5.61. The average molecular weight is 258 g/mol. The van der Waals surface area contributed by atoms with E-state index in [-0.39, 0.29) is 5.76 Å². The van der Waals surface area contributed by atoms with Gasteiger partial charge in [0.15, 0.2) is 5.76 Å². The number of hydrogen-bond acceptors (Lipinski definition) is 4. The molecule has 0 saturated heterocycles. The molecule has 0 saturated carbocycles. The fourth-order valence-corrected chi connectivity index (χ4v) is 1.50. The number of nitrogens with zero attached hydrogens (tertiary/aromatic N) is 3. The number of hydrogen-bond donors (Lipinski definition) is 1. The normalized spacial score (nSPS) is 9.53. The molecule has 0 atom stereocenters. The van der Waals surface area contributed by atoms with Gasteiger partial charge in [-0.05, 0) is 35.9 Å². The lowest BCUT2D eigenvalue weighted by atomic mass is 10.2. The second-order valence-corrected chi connectivity index (χ2v) is 3.51. The Morgan fingerprint density at radius 2 is 2.32 bits per heavy atom. The zero-order chi connectivity index (χ0) is 13.7. The van der Waals surface area contributed by atoms with Crippen LogP contribution in [-0.4, -0.2) is 13.0 Å². The van der Waals surface area contributed by atoms with Gasteiger partial charge in [0.1, 0.15) is 5.75 Å². The van der Waals surface area contributed by atoms with Crippen LogP contribution in [0.1, 0.15) is 10.6 Å². The first-order chi connectivity index (χ1) is 9.24. The van der Waals surface area contributed by atoms with Crippen LogP contribution in [0.5, 0.6) is 5.75 Å². The number of carbonyl (C=O) groups excluding carboxylic acids is 1. The molecule has 96 valence electrons. The molecule has 2 rings (SSSR count). The minimum atomic E-state index is -0.415. The Hall–Kier alpha value is -2.92. The highest BCUT2D eigenvalue weighted by molar-refractivity contribution is 6.03. The summed E-state index contributed by atoms with van der Waals surface area (Å²) in [6.07, 6.45) is 1.41. The Kier molecular flexibility index (Phi) is 3.70. The number of benzene rings is 1. The maximum Gasteiger partial charge on any atom is 0.291 e. The lowest BCUT2D eigenvalue weighted by Gasteiger charge is -2.09. The van der Waals surface area contributed by atoms with Crippen molar-refractivity contribution in [2.24, 2.45) is 5.11 Å². The Morgan fingerprint density at radius 1 is 1.47 bits per heavy atom. The van der Waals surface area contributed by atoms with Crippen LogP contribution in [0.3, 0.4) is 0 Å². The van der Waals surface area contributed by atoms with Gasteiger partial charge < -0.3 is 14.5 Å². The maximum atomic E-state index is 11.8. The van der Waals surface area contributed by atoms with Crippen LogP contribution in [0.15, 0.2) is 46.1 Å². The largest absolute Gasteiger partial charge is 0.495 e. The van der Waals surface area contributed by atoms with Crippen LogP contribution < -0.4 is 10.1 Å². The van der Waals surface area contributed by atoms with Crippen LogP contribution in [0.2, 0.25) is 0 Å². The smallest absolute Gasteiger partial charge is 0.291 e. The van der Waals surface area contributed by atoms with Gasteiger partial charge in [0, 0.05) is 10.6 Å². The molecule has 1 aromatic heterocycles. The monoisotopic (exact) mass is 258 g/mol. The minimum Gasteiger partial charge on any atom is -0.495 e. The van der Waals surface area contributed by atoms with Gasteiger partial charge in [-0.1, -0.05) is 5.11 Å². The van der Waals surface area contributed by atoms with E-state index in [9.17, 15) is 4.79 Å². The molecule has 0 unspecified atom stereocenters. The van der Waals surface area contributed by atoms with E-state index in [1.807, 2.05) is 0 Å². The Balaban J connectivity index is 2.29. The van der Waals surface area contributed by atoms with Crippen molar-refractivity contribution in [1.82, 2.24) is 0 Å². The quantitative estimate of drug-likeness (QED) is 0.516. The Bertz CT molecular complexity index is 630. The summed E-state index contributed by atoms with van der Waals surface area (Å²) < 4.78 is 10.1. The highest BCUT2D eigenvalue weighted by Gasteiger charge is 2.12. The van der Waals surface area contributed by atoms with E-state index in [4.69, 9.17) is 14.7 Å². The number of anilines is 1. The molecular weight excluding hydrogens is 248 g/mol. The highest BCUT2D eigenvalue weighted by atomic mass is 16.5. The van der Waals surface area contributed by atoms with Gasteiger partial charge in [-0.25, -0.2) is 0 Å². The third kappa shape index (κ3) is 2.85. The summed E-state index contributed by atoms with van der Waals surface area (Å²) in [4.78, 5) is 14.5. The lowest BCUT2D eigenvalue weighted by molar-refractivity contribution is 0.0996. The summed E-state index contributed by atoms with van der Waals surface area (Å²) in [5.41, 5.74) is 9.16. The zero-order valence-electron chi connectivity index (χ0n) is 10.0. The Labute approximate surface area is 108 Å². The first-order valence-corrected chi connectivity index (χ1v) is 5.32. The average Bonchev–Trinajstić information content (AvgIpc) is 2.93. The van der Waals surface area contributed by atoms with Gasteiger partial charge in [0.2, 0.25) is 0 Å². The molecule has 0 radical (unpaired) electrons. The molecule has 1 N–H and O–H groups in total. The zero-order valence-corrected chi connectivity index (χ0v) is 10.0. The molecule has 19 heavy (non-hydrogen) atoms. The summed E-state index contributed by atoms with van der Waals surface area (Å²) in [7, 11) is 1.48. The van der Waals surface area contributed by atoms with Crippen molar-refractivity contribution in [2.75, 3.05) is 12.4 Å². The van der Waals surface area contributed by atoms with E-state index in [1.165, 1.54) is 19.4 Å². The van der Waals surface area contributed by atoms with Gasteiger partial charge in [-0.2, -0.15) is 0 Å². The third-order valence-electron chi connectivity index (χ3n) is 2.34. The predicted octanol–water partition coefficient (Wildman–Crippen LogP) is 3.48. The number of rotatable bonds is 4. The molecule has 0 aliphatic rings. The fourth-order valence-electron chi connectivity index (χ4n) is 1.50. The fraction of sp³-hybridized carbons (Fsp3) is 0.0833. The summed E-state index contributed by atoms with van der Waals surface area (Å²) in [5.74, 6) is 0.217. The van der Waals surface area contributed by atoms with Crippen molar-refractivity contribution in [3.63, 3.8) is 0 Å². The van der Waals surface area contributed by atoms with E-state index in [0.717, 1.165) is 0 Å². The number of methoxy groups -OCH3 is 1. The van der Waals surface area contributed by atoms with Crippen molar-refractivity contribution in [1.29, 1.82) is 0 Å². The number of carbonyl (C=O) groups is 1. The van der Waals surface area contributed by atoms with Crippen molar-refractivity contribution in [2.45, 2.75) is 0 Å². The third-order valence-corrected chi connectivity index (χ3v) is 2.34. The van der Waals surface area contributed by atoms with E-state index in [2.05, 4.69) is 15.3 Å². The summed E-state index contributed by atoms with van der Waals surface area (Å²) in [6.45, 7) is 0. The van der Waals surface area contributed by atoms with Crippen LogP contribution >= 0.6 is 0 Å². The van der Waals surface area contributed by atoms with E-state index in [1.54, 1.807) is 24.3 Å². The van der Waals surface area contributed by atoms with Gasteiger partial charge in [0.05, 0.1) is 19.1 Å². The molecule has 0 fully saturated rings. The summed E-state index contributed by atoms with van der Waals surface area (Å²) in [6, 6.07) is 7.85. The molecule has 1 amide bonds. The van der Waals surface area contributed by atoms with Crippen molar-refractivity contribution >= 4 is 17.3 Å². The highest BCUT2D eigenvalue weighted by Crippen LogP contribution is 2.29. The van der Waals surface area contributed by atoms with Crippen molar-refractivity contribution in [3.05, 3.63) is 52.8 Å². The van der Waals surface area contributed by atoms with Gasteiger partial charge in [0.25, 0.3) is 5.91 Å². The first kappa shape index (κ1) is 12.5. The maximum absolute atomic E-state index is 11.8. The predicted molar refractivity (Wildman–Crippen MR) is 68.5 cm³/mol. The molecular formula is C12H10N4O3. The molecule has 0 aliphatic heterocycles. The van der Waals surface area contributed by atoms with Crippen molar-refractivity contribution < 1.29 is 13.9 Å². The van der Waals surface area contributed by atoms with Crippen LogP contribution in [-0.2, 0) is 0 Å². The van der Waals surface area contributed by atoms with E-state index >= 15 is 0 Å². The summed E-state index contributed by atoms with van der Waals surface area (Å²) >= 11 is 0. The van der Waals surface area contributed by atoms with Gasteiger partial charge in [-0.3, -0.25) is 4.79 Å². The number of ether oxygens (including phenoxy) is 1. The topological polar surface area (TPSA) is 100 Å². The van der Waals surface area contributed by atoms with Crippen LogP contribution in [0.4, 0.5) is 11.4 Å². The second-order valence-electron chi connectivity index (χ2n) is 3.51. The number of azide groups is 1. The van der Waals surface area contributed by atoms with Crippen LogP contribution in [0.25, 0.3) is 10.4 Å². The SMILES string of the molecule is COc1ccc(N=[N+]=[N-])cc1NC(=O)c1ccco1. The molecule has 7 heteroatoms. The number of furan rings is 1.